The van der Waals surface area contributed by atoms with Gasteiger partial charge in [-0.05, 0) is 30.3 Å². The highest BCUT2D eigenvalue weighted by atomic mass is 35.5. The molecule has 0 unspecified atom stereocenters. The first-order chi connectivity index (χ1) is 9.10. The van der Waals surface area contributed by atoms with Crippen molar-refractivity contribution in [1.82, 2.24) is 0 Å². The summed E-state index contributed by atoms with van der Waals surface area (Å²) in [6.07, 6.45) is 0. The van der Waals surface area contributed by atoms with Gasteiger partial charge in [-0.15, -0.1) is 0 Å². The molecule has 0 aliphatic heterocycles. The molecule has 0 fully saturated rings. The van der Waals surface area contributed by atoms with Gasteiger partial charge in [0.15, 0.2) is 0 Å². The number of ether oxygens (including phenoxy) is 1. The van der Waals surface area contributed by atoms with Gasteiger partial charge >= 0.3 is 0 Å². The number of nitro benzene ring substituents is 1. The van der Waals surface area contributed by atoms with E-state index in [-0.39, 0.29) is 5.69 Å². The monoisotopic (exact) mass is 278 g/mol. The van der Waals surface area contributed by atoms with Gasteiger partial charge in [0.1, 0.15) is 11.5 Å². The van der Waals surface area contributed by atoms with Crippen LogP contribution in [0.15, 0.2) is 42.5 Å². The first kappa shape index (κ1) is 13.3. The molecule has 0 spiro atoms. The van der Waals surface area contributed by atoms with Crippen molar-refractivity contribution in [1.29, 1.82) is 0 Å². The molecule has 6 heteroatoms. The largest absolute Gasteiger partial charge is 0.457 e. The molecule has 0 saturated carbocycles. The molecule has 0 aliphatic rings. The maximum atomic E-state index is 10.5. The second-order valence-electron chi connectivity index (χ2n) is 3.81. The number of nitrogens with two attached hydrogens (primary N) is 1. The third-order valence-electron chi connectivity index (χ3n) is 2.52. The van der Waals surface area contributed by atoms with Crippen LogP contribution in [0.2, 0.25) is 5.02 Å². The fourth-order valence-corrected chi connectivity index (χ4v) is 1.76. The van der Waals surface area contributed by atoms with Gasteiger partial charge in [-0.25, -0.2) is 0 Å². The summed E-state index contributed by atoms with van der Waals surface area (Å²) in [4.78, 5) is 10.1. The molecule has 0 aromatic heterocycles. The Morgan fingerprint density at radius 3 is 2.47 bits per heavy atom. The number of halogens is 1. The van der Waals surface area contributed by atoms with E-state index < -0.39 is 4.92 Å². The first-order valence-electron chi connectivity index (χ1n) is 5.51. The zero-order valence-electron chi connectivity index (χ0n) is 9.88. The summed E-state index contributed by atoms with van der Waals surface area (Å²) in [5.74, 6) is 1.09. The summed E-state index contributed by atoms with van der Waals surface area (Å²) in [5.41, 5.74) is 6.39. The summed E-state index contributed by atoms with van der Waals surface area (Å²) in [6.45, 7) is 0.295. The van der Waals surface area contributed by atoms with Crippen LogP contribution in [0.1, 0.15) is 5.56 Å². The minimum Gasteiger partial charge on any atom is -0.457 e. The van der Waals surface area contributed by atoms with Crippen LogP contribution in [0.3, 0.4) is 0 Å². The van der Waals surface area contributed by atoms with Crippen molar-refractivity contribution >= 4 is 17.3 Å². The highest BCUT2D eigenvalue weighted by molar-refractivity contribution is 6.30. The van der Waals surface area contributed by atoms with E-state index in [1.54, 1.807) is 18.2 Å². The second kappa shape index (κ2) is 5.69. The number of hydrogen-bond donors (Lipinski definition) is 1. The number of benzene rings is 2. The second-order valence-corrected chi connectivity index (χ2v) is 4.25. The topological polar surface area (TPSA) is 78.4 Å². The van der Waals surface area contributed by atoms with Crippen LogP contribution in [0.5, 0.6) is 11.5 Å². The molecular formula is C13H11ClN2O3. The van der Waals surface area contributed by atoms with Crippen LogP contribution in [0.25, 0.3) is 0 Å². The molecule has 2 rings (SSSR count). The number of rotatable bonds is 4. The average Bonchev–Trinajstić information content (AvgIpc) is 2.41. The molecule has 98 valence electrons. The summed E-state index contributed by atoms with van der Waals surface area (Å²) in [7, 11) is 0. The Balaban J connectivity index is 2.23. The zero-order valence-corrected chi connectivity index (χ0v) is 10.6. The van der Waals surface area contributed by atoms with Crippen molar-refractivity contribution in [2.75, 3.05) is 0 Å². The van der Waals surface area contributed by atoms with Gasteiger partial charge < -0.3 is 10.5 Å². The lowest BCUT2D eigenvalue weighted by atomic mass is 10.2. The lowest BCUT2D eigenvalue weighted by Gasteiger charge is -2.10. The predicted octanol–water partition coefficient (Wildman–Crippen LogP) is 3.50. The quantitative estimate of drug-likeness (QED) is 0.686. The van der Waals surface area contributed by atoms with Crippen LogP contribution >= 0.6 is 11.6 Å². The van der Waals surface area contributed by atoms with Crippen LogP contribution in [-0.2, 0) is 6.54 Å². The smallest absolute Gasteiger partial charge is 0.269 e. The molecule has 0 heterocycles. The van der Waals surface area contributed by atoms with E-state index in [1.165, 1.54) is 24.3 Å². The molecular weight excluding hydrogens is 268 g/mol. The molecule has 0 atom stereocenters. The van der Waals surface area contributed by atoms with Crippen molar-refractivity contribution in [3.05, 3.63) is 63.2 Å². The van der Waals surface area contributed by atoms with Crippen LogP contribution in [-0.4, -0.2) is 4.92 Å². The summed E-state index contributed by atoms with van der Waals surface area (Å²) in [5, 5.41) is 11.1. The minimum atomic E-state index is -0.461. The Morgan fingerprint density at radius 2 is 1.89 bits per heavy atom. The predicted molar refractivity (Wildman–Crippen MR) is 72.5 cm³/mol. The molecule has 0 amide bonds. The summed E-state index contributed by atoms with van der Waals surface area (Å²) in [6, 6.07) is 11.0. The van der Waals surface area contributed by atoms with E-state index in [0.717, 1.165) is 5.56 Å². The SMILES string of the molecule is NCc1cc(Cl)ccc1Oc1ccc([N+](=O)[O-])cc1. The van der Waals surface area contributed by atoms with Crippen LogP contribution in [0, 0.1) is 10.1 Å². The van der Waals surface area contributed by atoms with E-state index in [4.69, 9.17) is 22.1 Å². The average molecular weight is 279 g/mol. The van der Waals surface area contributed by atoms with E-state index >= 15 is 0 Å². The molecule has 2 aromatic rings. The van der Waals surface area contributed by atoms with Crippen molar-refractivity contribution in [3.63, 3.8) is 0 Å². The zero-order chi connectivity index (χ0) is 13.8. The standard InChI is InChI=1S/C13H11ClN2O3/c14-10-1-6-13(9(7-10)8-15)19-12-4-2-11(3-5-12)16(17)18/h1-7H,8,15H2. The third-order valence-corrected chi connectivity index (χ3v) is 2.75. The fourth-order valence-electron chi connectivity index (χ4n) is 1.57. The van der Waals surface area contributed by atoms with E-state index in [1.807, 2.05) is 0 Å². The maximum Gasteiger partial charge on any atom is 0.269 e. The van der Waals surface area contributed by atoms with Crippen LogP contribution < -0.4 is 10.5 Å². The first-order valence-corrected chi connectivity index (χ1v) is 5.89. The van der Waals surface area contributed by atoms with Gasteiger partial charge in [-0.1, -0.05) is 11.6 Å². The van der Waals surface area contributed by atoms with Gasteiger partial charge in [0.2, 0.25) is 0 Å². The van der Waals surface area contributed by atoms with Gasteiger partial charge in [0, 0.05) is 29.3 Å². The van der Waals surface area contributed by atoms with Crippen LogP contribution in [0.4, 0.5) is 5.69 Å². The number of nitrogens with zero attached hydrogens (tertiary/aromatic N) is 1. The van der Waals surface area contributed by atoms with E-state index in [2.05, 4.69) is 0 Å². The highest BCUT2D eigenvalue weighted by Gasteiger charge is 2.07. The molecule has 19 heavy (non-hydrogen) atoms. The van der Waals surface area contributed by atoms with Gasteiger partial charge in [-0.3, -0.25) is 10.1 Å². The summed E-state index contributed by atoms with van der Waals surface area (Å²) >= 11 is 5.87. The minimum absolute atomic E-state index is 0.0162. The molecule has 5 nitrogen and oxygen atoms in total. The lowest BCUT2D eigenvalue weighted by molar-refractivity contribution is -0.384. The Labute approximate surface area is 114 Å². The Hall–Kier alpha value is -2.11. The fraction of sp³-hybridized carbons (Fsp3) is 0.0769. The number of non-ortho nitro benzene ring substituents is 1. The third kappa shape index (κ3) is 3.21. The lowest BCUT2D eigenvalue weighted by Crippen LogP contribution is -1.99. The van der Waals surface area contributed by atoms with Gasteiger partial charge in [0.25, 0.3) is 5.69 Å². The molecule has 2 N–H and O–H groups in total. The van der Waals surface area contributed by atoms with Crippen molar-refractivity contribution < 1.29 is 9.66 Å². The van der Waals surface area contributed by atoms with Gasteiger partial charge in [0.05, 0.1) is 4.92 Å². The summed E-state index contributed by atoms with van der Waals surface area (Å²) < 4.78 is 5.63. The Morgan fingerprint density at radius 1 is 1.21 bits per heavy atom. The number of hydrogen-bond acceptors (Lipinski definition) is 4. The van der Waals surface area contributed by atoms with Crippen molar-refractivity contribution in [2.45, 2.75) is 6.54 Å². The normalized spacial score (nSPS) is 10.2. The molecule has 2 aromatic carbocycles. The van der Waals surface area contributed by atoms with Crippen molar-refractivity contribution in [2.24, 2.45) is 5.73 Å². The molecule has 0 saturated heterocycles. The van der Waals surface area contributed by atoms with Crippen molar-refractivity contribution in [3.8, 4) is 11.5 Å². The number of nitro groups is 1. The highest BCUT2D eigenvalue weighted by Crippen LogP contribution is 2.28. The van der Waals surface area contributed by atoms with E-state index in [0.29, 0.717) is 23.1 Å². The Bertz CT molecular complexity index is 599. The van der Waals surface area contributed by atoms with E-state index in [9.17, 15) is 10.1 Å². The van der Waals surface area contributed by atoms with Gasteiger partial charge in [-0.2, -0.15) is 0 Å². The Kier molecular flexibility index (Phi) is 3.99. The molecule has 0 radical (unpaired) electrons. The molecule has 0 bridgehead atoms. The molecule has 0 aliphatic carbocycles. The maximum absolute atomic E-state index is 10.5.